The number of azo groups is 1. The van der Waals surface area contributed by atoms with Gasteiger partial charge in [-0.3, -0.25) is 4.99 Å². The zero-order chi connectivity index (χ0) is 5.70. The molecule has 0 bridgehead atoms. The molecule has 0 aliphatic rings. The van der Waals surface area contributed by atoms with Crippen LogP contribution in [0.2, 0.25) is 0 Å². The quantitative estimate of drug-likeness (QED) is 0.248. The number of aliphatic imine (C=N–C) groups is 1. The summed E-state index contributed by atoms with van der Waals surface area (Å²) in [6.07, 6.45) is 0. The molecule has 0 N–H and O–H groups in total. The van der Waals surface area contributed by atoms with Crippen LogP contribution in [-0.4, -0.2) is 19.9 Å². The first kappa shape index (κ1) is 6.27. The highest BCUT2D eigenvalue weighted by Crippen LogP contribution is 1.75. The fraction of sp³-hybridized carbons (Fsp3) is 0.750. The highest BCUT2D eigenvalue weighted by Gasteiger charge is 1.74. The zero-order valence-corrected chi connectivity index (χ0v) is 4.84. The molecule has 0 atom stereocenters. The Morgan fingerprint density at radius 2 is 1.86 bits per heavy atom. The van der Waals surface area contributed by atoms with Crippen molar-refractivity contribution >= 4 is 5.84 Å². The van der Waals surface area contributed by atoms with Crippen LogP contribution in [-0.2, 0) is 0 Å². The third-order valence-electron chi connectivity index (χ3n) is 0.568. The minimum Gasteiger partial charge on any atom is -0.273 e. The molecule has 0 spiro atoms. The van der Waals surface area contributed by atoms with Gasteiger partial charge in [0.15, 0.2) is 0 Å². The summed E-state index contributed by atoms with van der Waals surface area (Å²) in [6.45, 7) is 1.80. The molecule has 0 aromatic rings. The van der Waals surface area contributed by atoms with Crippen molar-refractivity contribution in [3.63, 3.8) is 0 Å². The first-order valence-electron chi connectivity index (χ1n) is 2.04. The molecule has 0 aromatic heterocycles. The molecule has 0 aliphatic carbocycles. The van der Waals surface area contributed by atoms with Crippen LogP contribution in [0.3, 0.4) is 0 Å². The molecule has 0 unspecified atom stereocenters. The summed E-state index contributed by atoms with van der Waals surface area (Å²) in [5.41, 5.74) is 0. The Morgan fingerprint density at radius 1 is 1.29 bits per heavy atom. The van der Waals surface area contributed by atoms with E-state index in [1.807, 2.05) is 0 Å². The Bertz CT molecular complexity index is 93.1. The van der Waals surface area contributed by atoms with E-state index in [9.17, 15) is 0 Å². The zero-order valence-electron chi connectivity index (χ0n) is 4.84. The monoisotopic (exact) mass is 99.1 g/mol. The van der Waals surface area contributed by atoms with Crippen LogP contribution in [0.4, 0.5) is 0 Å². The predicted octanol–water partition coefficient (Wildman–Crippen LogP) is 1.12. The van der Waals surface area contributed by atoms with Crippen molar-refractivity contribution in [2.24, 2.45) is 15.2 Å². The summed E-state index contributed by atoms with van der Waals surface area (Å²) in [5, 5.41) is 7.12. The van der Waals surface area contributed by atoms with Gasteiger partial charge in [-0.1, -0.05) is 0 Å². The predicted molar refractivity (Wildman–Crippen MR) is 29.8 cm³/mol. The molecule has 0 aliphatic heterocycles. The van der Waals surface area contributed by atoms with Gasteiger partial charge in [-0.05, 0) is 6.92 Å². The summed E-state index contributed by atoms with van der Waals surface area (Å²) in [5.74, 6) is 0.711. The molecule has 0 heterocycles. The van der Waals surface area contributed by atoms with Gasteiger partial charge in [-0.15, -0.1) is 5.11 Å². The Morgan fingerprint density at radius 3 is 2.00 bits per heavy atom. The van der Waals surface area contributed by atoms with Gasteiger partial charge in [0, 0.05) is 14.1 Å². The number of rotatable bonds is 0. The largest absolute Gasteiger partial charge is 0.273 e. The van der Waals surface area contributed by atoms with Crippen LogP contribution in [0.1, 0.15) is 6.92 Å². The van der Waals surface area contributed by atoms with Crippen molar-refractivity contribution < 1.29 is 0 Å². The molecule has 0 radical (unpaired) electrons. The van der Waals surface area contributed by atoms with Crippen molar-refractivity contribution in [3.05, 3.63) is 0 Å². The minimum absolute atomic E-state index is 0.711. The highest BCUT2D eigenvalue weighted by molar-refractivity contribution is 5.79. The first-order chi connectivity index (χ1) is 3.31. The lowest BCUT2D eigenvalue weighted by Gasteiger charge is -1.79. The SMILES string of the molecule is CN=NC(C)=NC. The maximum absolute atomic E-state index is 3.73. The highest BCUT2D eigenvalue weighted by atomic mass is 15.1. The average molecular weight is 99.1 g/mol. The van der Waals surface area contributed by atoms with Crippen LogP contribution in [0.25, 0.3) is 0 Å². The second-order valence-corrected chi connectivity index (χ2v) is 1.07. The smallest absolute Gasteiger partial charge is 0.142 e. The van der Waals surface area contributed by atoms with Crippen LogP contribution < -0.4 is 0 Å². The second-order valence-electron chi connectivity index (χ2n) is 1.07. The normalized spacial score (nSPS) is 13.3. The molecular formula is C4H9N3. The molecule has 0 rings (SSSR count). The van der Waals surface area contributed by atoms with Gasteiger partial charge in [0.1, 0.15) is 5.84 Å². The van der Waals surface area contributed by atoms with Crippen molar-refractivity contribution in [2.45, 2.75) is 6.92 Å². The van der Waals surface area contributed by atoms with Gasteiger partial charge < -0.3 is 0 Å². The Labute approximate surface area is 43.2 Å². The lowest BCUT2D eigenvalue weighted by molar-refractivity contribution is 1.18. The minimum atomic E-state index is 0.711. The van der Waals surface area contributed by atoms with Gasteiger partial charge in [-0.2, -0.15) is 5.11 Å². The van der Waals surface area contributed by atoms with E-state index in [1.54, 1.807) is 21.0 Å². The van der Waals surface area contributed by atoms with Gasteiger partial charge in [0.25, 0.3) is 0 Å². The third-order valence-corrected chi connectivity index (χ3v) is 0.568. The maximum Gasteiger partial charge on any atom is 0.142 e. The summed E-state index contributed by atoms with van der Waals surface area (Å²) < 4.78 is 0. The maximum atomic E-state index is 3.73. The van der Waals surface area contributed by atoms with Crippen molar-refractivity contribution in [1.29, 1.82) is 0 Å². The van der Waals surface area contributed by atoms with Gasteiger partial charge in [-0.25, -0.2) is 0 Å². The summed E-state index contributed by atoms with van der Waals surface area (Å²) in [4.78, 5) is 3.73. The topological polar surface area (TPSA) is 37.1 Å². The van der Waals surface area contributed by atoms with Crippen LogP contribution >= 0.6 is 0 Å². The molecule has 7 heavy (non-hydrogen) atoms. The Kier molecular flexibility index (Phi) is 3.10. The fourth-order valence-corrected chi connectivity index (χ4v) is 0.189. The summed E-state index contributed by atoms with van der Waals surface area (Å²) in [6, 6.07) is 0. The molecule has 0 fully saturated rings. The van der Waals surface area contributed by atoms with Crippen LogP contribution in [0.15, 0.2) is 15.2 Å². The molecule has 0 saturated carbocycles. The van der Waals surface area contributed by atoms with Crippen molar-refractivity contribution in [1.82, 2.24) is 0 Å². The first-order valence-corrected chi connectivity index (χ1v) is 2.04. The van der Waals surface area contributed by atoms with E-state index in [0.29, 0.717) is 5.84 Å². The second kappa shape index (κ2) is 3.46. The molecule has 40 valence electrons. The van der Waals surface area contributed by atoms with E-state index >= 15 is 0 Å². The van der Waals surface area contributed by atoms with E-state index in [1.165, 1.54) is 0 Å². The lowest BCUT2D eigenvalue weighted by atomic mass is 10.7. The van der Waals surface area contributed by atoms with Gasteiger partial charge in [0.05, 0.1) is 0 Å². The average Bonchev–Trinajstić information content (AvgIpc) is 1.68. The third kappa shape index (κ3) is 3.09. The van der Waals surface area contributed by atoms with Gasteiger partial charge in [0.2, 0.25) is 0 Å². The van der Waals surface area contributed by atoms with E-state index in [0.717, 1.165) is 0 Å². The number of hydrogen-bond donors (Lipinski definition) is 0. The van der Waals surface area contributed by atoms with Crippen molar-refractivity contribution in [2.75, 3.05) is 14.1 Å². The van der Waals surface area contributed by atoms with Gasteiger partial charge >= 0.3 is 0 Å². The molecule has 0 amide bonds. The standard InChI is InChI=1S/C4H9N3/c1-4(5-2)7-6-3/h1-3H3. The molecule has 3 nitrogen and oxygen atoms in total. The van der Waals surface area contributed by atoms with Crippen LogP contribution in [0.5, 0.6) is 0 Å². The molecule has 3 heteroatoms. The van der Waals surface area contributed by atoms with E-state index < -0.39 is 0 Å². The number of amidine groups is 1. The number of hydrogen-bond acceptors (Lipinski definition) is 2. The van der Waals surface area contributed by atoms with Crippen molar-refractivity contribution in [3.8, 4) is 0 Å². The van der Waals surface area contributed by atoms with E-state index in [-0.39, 0.29) is 0 Å². The fourth-order valence-electron chi connectivity index (χ4n) is 0.189. The Hall–Kier alpha value is -0.730. The summed E-state index contributed by atoms with van der Waals surface area (Å²) in [7, 11) is 3.30. The number of nitrogens with zero attached hydrogens (tertiary/aromatic N) is 3. The van der Waals surface area contributed by atoms with E-state index in [4.69, 9.17) is 0 Å². The van der Waals surface area contributed by atoms with E-state index in [2.05, 4.69) is 15.2 Å². The van der Waals surface area contributed by atoms with Crippen LogP contribution in [0, 0.1) is 0 Å². The molecule has 0 saturated heterocycles. The Balaban J connectivity index is 3.58. The molecular weight excluding hydrogens is 90.1 g/mol. The summed E-state index contributed by atoms with van der Waals surface area (Å²) >= 11 is 0. The lowest BCUT2D eigenvalue weighted by Crippen LogP contribution is -1.79. The molecule has 0 aromatic carbocycles.